The maximum Gasteiger partial charge on any atom is 0.407 e. The average molecular weight is 851 g/mol. The van der Waals surface area contributed by atoms with Gasteiger partial charge in [-0.05, 0) is 64.4 Å². The number of rotatable bonds is 17. The van der Waals surface area contributed by atoms with Gasteiger partial charge in [-0.1, -0.05) is 76.3 Å². The molecular weight excluding hydrogens is 781 g/mol. The number of benzene rings is 1. The molecule has 61 heavy (non-hydrogen) atoms. The lowest BCUT2D eigenvalue weighted by Crippen LogP contribution is -2.60. The molecule has 1 aromatic heterocycles. The third-order valence-electron chi connectivity index (χ3n) is 11.5. The van der Waals surface area contributed by atoms with Crippen molar-refractivity contribution < 1.29 is 38.2 Å². The summed E-state index contributed by atoms with van der Waals surface area (Å²) in [6.45, 7) is 12.3. The predicted octanol–water partition coefficient (Wildman–Crippen LogP) is 4.88. The first-order valence-corrected chi connectivity index (χ1v) is 22.3. The van der Waals surface area contributed by atoms with Crippen molar-refractivity contribution in [2.45, 2.75) is 167 Å². The summed E-state index contributed by atoms with van der Waals surface area (Å²) in [5, 5.41) is 15.2. The summed E-state index contributed by atoms with van der Waals surface area (Å²) in [5.74, 6) is -0.281. The number of amides is 6. The van der Waals surface area contributed by atoms with Gasteiger partial charge in [0, 0.05) is 63.3 Å². The highest BCUT2D eigenvalue weighted by Crippen LogP contribution is 2.31. The van der Waals surface area contributed by atoms with E-state index < -0.39 is 48.1 Å². The zero-order valence-corrected chi connectivity index (χ0v) is 37.0. The van der Waals surface area contributed by atoms with Gasteiger partial charge in [0.2, 0.25) is 17.7 Å². The summed E-state index contributed by atoms with van der Waals surface area (Å²) < 4.78 is 17.9. The van der Waals surface area contributed by atoms with Crippen molar-refractivity contribution in [1.29, 1.82) is 0 Å². The Balaban J connectivity index is 1.30. The van der Waals surface area contributed by atoms with Crippen molar-refractivity contribution >= 4 is 29.8 Å². The van der Waals surface area contributed by atoms with Crippen LogP contribution in [0.4, 0.5) is 9.59 Å². The largest absolute Gasteiger partial charge is 0.444 e. The summed E-state index contributed by atoms with van der Waals surface area (Å²) >= 11 is 0. The Kier molecular flexibility index (Phi) is 17.8. The number of hydrogen-bond acceptors (Lipinski definition) is 9. The predicted molar refractivity (Wildman–Crippen MR) is 230 cm³/mol. The molecule has 16 nitrogen and oxygen atoms in total. The van der Waals surface area contributed by atoms with E-state index in [1.54, 1.807) is 31.9 Å². The minimum atomic E-state index is -1.02. The molecule has 3 aliphatic rings. The van der Waals surface area contributed by atoms with E-state index in [9.17, 15) is 24.0 Å². The Labute approximate surface area is 361 Å². The minimum absolute atomic E-state index is 0.0299. The fourth-order valence-electron chi connectivity index (χ4n) is 8.45. The summed E-state index contributed by atoms with van der Waals surface area (Å²) in [6.07, 6.45) is 9.99. The number of nitrogens with zero attached hydrogens (tertiary/aromatic N) is 2. The number of H-pyrrole nitrogens is 1. The number of likely N-dealkylation sites (tertiary alicyclic amines) is 1. The number of urea groups is 1. The van der Waals surface area contributed by atoms with Crippen LogP contribution in [0.1, 0.15) is 117 Å². The van der Waals surface area contributed by atoms with Gasteiger partial charge in [-0.3, -0.25) is 14.4 Å². The summed E-state index contributed by atoms with van der Waals surface area (Å²) in [4.78, 5) is 76.5. The third-order valence-corrected chi connectivity index (χ3v) is 11.5. The van der Waals surface area contributed by atoms with Gasteiger partial charge in [0.05, 0.1) is 24.6 Å². The van der Waals surface area contributed by atoms with Gasteiger partial charge in [-0.15, -0.1) is 0 Å². The van der Waals surface area contributed by atoms with E-state index in [-0.39, 0.29) is 48.8 Å². The van der Waals surface area contributed by atoms with Crippen LogP contribution in [0.25, 0.3) is 0 Å². The first kappa shape index (κ1) is 47.4. The van der Waals surface area contributed by atoms with E-state index in [0.717, 1.165) is 31.2 Å². The molecule has 1 aromatic carbocycles. The number of aromatic amines is 1. The van der Waals surface area contributed by atoms with E-state index in [1.807, 2.05) is 51.1 Å². The van der Waals surface area contributed by atoms with E-state index in [2.05, 4.69) is 36.6 Å². The van der Waals surface area contributed by atoms with Gasteiger partial charge < -0.3 is 50.7 Å². The van der Waals surface area contributed by atoms with Crippen LogP contribution in [-0.4, -0.2) is 113 Å². The smallest absolute Gasteiger partial charge is 0.407 e. The standard InChI is InChI=1S/C45H70N8O8/c1-29(2)21-40(54)47-27-35-25-39(60-30(3)59-35)36(22-31-13-9-7-10-14-31)50-42(56)38(24-34-26-46-28-48-34)51-41(55)37(23-32-15-11-8-12-16-32)52-43(57)53-19-17-33(18-20-53)49-44(58)61-45(4,5)6/h8,11-12,15-16,26,28-31,33,35-39H,7,9-10,13-14,17-25,27H2,1-6H3,(H,46,48)(H,47,54)(H,49,58)(H,50,56)(H,51,55)(H,52,57)/t30?,35-,36+,37+,38+,39+/m1/s1. The number of carbonyl (C=O) groups is 5. The monoisotopic (exact) mass is 851 g/mol. The lowest BCUT2D eigenvalue weighted by molar-refractivity contribution is -0.239. The molecule has 3 fully saturated rings. The molecule has 3 heterocycles. The number of piperidine rings is 1. The maximum atomic E-state index is 14.6. The molecule has 2 saturated heterocycles. The molecule has 6 amide bonds. The molecule has 6 atom stereocenters. The van der Waals surface area contributed by atoms with Crippen molar-refractivity contribution in [1.82, 2.24) is 41.5 Å². The summed E-state index contributed by atoms with van der Waals surface area (Å²) in [7, 11) is 0. The SMILES string of the molecule is CC(C)CC(=O)NC[C@H]1C[C@@H]([C@H](CC2CCCCC2)NC(=O)[C@H](Cc2cnc[nH]2)NC(=O)[C@H](Cc2ccccc2)NC(=O)N2CCC(NC(=O)OC(C)(C)C)CC2)OC(C)O1. The van der Waals surface area contributed by atoms with Gasteiger partial charge in [-0.25, -0.2) is 14.6 Å². The molecule has 0 radical (unpaired) electrons. The number of nitrogens with one attached hydrogen (secondary N) is 6. The van der Waals surface area contributed by atoms with Crippen LogP contribution < -0.4 is 26.6 Å². The molecule has 1 saturated carbocycles. The van der Waals surface area contributed by atoms with E-state index in [4.69, 9.17) is 14.2 Å². The molecule has 5 rings (SSSR count). The Morgan fingerprint density at radius 1 is 0.902 bits per heavy atom. The number of imidazole rings is 1. The highest BCUT2D eigenvalue weighted by atomic mass is 16.7. The first-order chi connectivity index (χ1) is 29.1. The fourth-order valence-corrected chi connectivity index (χ4v) is 8.45. The Morgan fingerprint density at radius 3 is 2.25 bits per heavy atom. The van der Waals surface area contributed by atoms with Crippen molar-refractivity contribution in [3.63, 3.8) is 0 Å². The number of hydrogen-bond donors (Lipinski definition) is 6. The highest BCUT2D eigenvalue weighted by Gasteiger charge is 2.38. The Hall–Kier alpha value is -4.70. The lowest BCUT2D eigenvalue weighted by atomic mass is 9.82. The molecule has 2 aromatic rings. The lowest BCUT2D eigenvalue weighted by Gasteiger charge is -2.40. The summed E-state index contributed by atoms with van der Waals surface area (Å²) in [5.41, 5.74) is 0.874. The molecule has 1 unspecified atom stereocenters. The van der Waals surface area contributed by atoms with Gasteiger partial charge in [-0.2, -0.15) is 0 Å². The van der Waals surface area contributed by atoms with Crippen LogP contribution >= 0.6 is 0 Å². The van der Waals surface area contributed by atoms with Gasteiger partial charge in [0.25, 0.3) is 0 Å². The van der Waals surface area contributed by atoms with Crippen LogP contribution in [0.2, 0.25) is 0 Å². The van der Waals surface area contributed by atoms with Crippen molar-refractivity contribution in [3.8, 4) is 0 Å². The maximum absolute atomic E-state index is 14.6. The average Bonchev–Trinajstić information content (AvgIpc) is 3.72. The molecule has 16 heteroatoms. The van der Waals surface area contributed by atoms with E-state index >= 15 is 0 Å². The van der Waals surface area contributed by atoms with Crippen molar-refractivity contribution in [2.24, 2.45) is 11.8 Å². The van der Waals surface area contributed by atoms with Crippen LogP contribution in [0.15, 0.2) is 42.9 Å². The second-order valence-electron chi connectivity index (χ2n) is 18.4. The third kappa shape index (κ3) is 16.3. The molecule has 1 aliphatic carbocycles. The second kappa shape index (κ2) is 22.9. The minimum Gasteiger partial charge on any atom is -0.444 e. The zero-order chi connectivity index (χ0) is 43.9. The summed E-state index contributed by atoms with van der Waals surface area (Å²) in [6, 6.07) is 6.45. The molecule has 0 bridgehead atoms. The number of alkyl carbamates (subject to hydrolysis) is 1. The van der Waals surface area contributed by atoms with E-state index in [1.165, 1.54) is 12.7 Å². The molecular formula is C45H70N8O8. The molecule has 338 valence electrons. The van der Waals surface area contributed by atoms with Crippen LogP contribution in [0.3, 0.4) is 0 Å². The molecule has 0 spiro atoms. The topological polar surface area (TPSA) is 205 Å². The van der Waals surface area contributed by atoms with Crippen LogP contribution in [-0.2, 0) is 41.4 Å². The van der Waals surface area contributed by atoms with Crippen molar-refractivity contribution in [2.75, 3.05) is 19.6 Å². The van der Waals surface area contributed by atoms with Crippen LogP contribution in [0.5, 0.6) is 0 Å². The van der Waals surface area contributed by atoms with Gasteiger partial charge in [0.1, 0.15) is 17.7 Å². The van der Waals surface area contributed by atoms with Crippen molar-refractivity contribution in [3.05, 3.63) is 54.1 Å². The zero-order valence-electron chi connectivity index (χ0n) is 37.0. The Morgan fingerprint density at radius 2 is 1.59 bits per heavy atom. The number of aromatic nitrogens is 2. The number of carbonyl (C=O) groups excluding carboxylic acids is 5. The normalized spacial score (nSPS) is 21.8. The van der Waals surface area contributed by atoms with Gasteiger partial charge >= 0.3 is 12.1 Å². The van der Waals surface area contributed by atoms with Gasteiger partial charge in [0.15, 0.2) is 6.29 Å². The van der Waals surface area contributed by atoms with E-state index in [0.29, 0.717) is 63.4 Å². The highest BCUT2D eigenvalue weighted by molar-refractivity contribution is 5.92. The molecule has 6 N–H and O–H groups in total. The quantitative estimate of drug-likeness (QED) is 0.128. The fraction of sp³-hybridized carbons (Fsp3) is 0.689. The first-order valence-electron chi connectivity index (χ1n) is 22.3. The second-order valence-corrected chi connectivity index (χ2v) is 18.4. The Bertz CT molecular complexity index is 1690. The number of ether oxygens (including phenoxy) is 3. The van der Waals surface area contributed by atoms with Crippen LogP contribution in [0, 0.1) is 11.8 Å². The molecule has 2 aliphatic heterocycles.